The number of nitrogens with zero attached hydrogens (tertiary/aromatic N) is 2. The van der Waals surface area contributed by atoms with Crippen LogP contribution in [0.2, 0.25) is 0 Å². The molecule has 4 heteroatoms. The van der Waals surface area contributed by atoms with Crippen molar-refractivity contribution in [3.63, 3.8) is 0 Å². The number of nitriles is 1. The molecule has 1 N–H and O–H groups in total. The molecule has 0 radical (unpaired) electrons. The van der Waals surface area contributed by atoms with Crippen LogP contribution in [0.25, 0.3) is 0 Å². The monoisotopic (exact) mass is 243 g/mol. The molecule has 4 nitrogen and oxygen atoms in total. The van der Waals surface area contributed by atoms with E-state index in [0.717, 1.165) is 24.8 Å². The van der Waals surface area contributed by atoms with Crippen LogP contribution in [0.3, 0.4) is 0 Å². The van der Waals surface area contributed by atoms with Crippen LogP contribution >= 0.6 is 0 Å². The van der Waals surface area contributed by atoms with Crippen LogP contribution in [0, 0.1) is 16.7 Å². The molecule has 1 aromatic heterocycles. The summed E-state index contributed by atoms with van der Waals surface area (Å²) in [4.78, 5) is 16.0. The maximum absolute atomic E-state index is 12.0. The average molecular weight is 243 g/mol. The van der Waals surface area contributed by atoms with E-state index in [1.54, 1.807) is 12.4 Å². The molecule has 0 atom stereocenters. The molecule has 1 amide bonds. The van der Waals surface area contributed by atoms with Gasteiger partial charge in [0.1, 0.15) is 5.41 Å². The fourth-order valence-corrected chi connectivity index (χ4v) is 2.41. The first-order valence-corrected chi connectivity index (χ1v) is 6.35. The van der Waals surface area contributed by atoms with E-state index in [9.17, 15) is 10.1 Å². The molecule has 1 heterocycles. The van der Waals surface area contributed by atoms with E-state index in [0.29, 0.717) is 19.4 Å². The molecular formula is C14H17N3O. The Hall–Kier alpha value is -1.89. The summed E-state index contributed by atoms with van der Waals surface area (Å²) < 4.78 is 0. The van der Waals surface area contributed by atoms with Gasteiger partial charge in [0.05, 0.1) is 6.07 Å². The Bertz CT molecular complexity index is 444. The number of amides is 1. The SMILES string of the molecule is N#CC1(C(=O)NCCc2ccncc2)CCCC1. The minimum absolute atomic E-state index is 0.100. The van der Waals surface area contributed by atoms with Gasteiger partial charge in [-0.15, -0.1) is 0 Å². The molecule has 94 valence electrons. The summed E-state index contributed by atoms with van der Waals surface area (Å²) >= 11 is 0. The maximum Gasteiger partial charge on any atom is 0.240 e. The molecule has 1 aliphatic carbocycles. The molecular weight excluding hydrogens is 226 g/mol. The molecule has 0 aliphatic heterocycles. The normalized spacial score (nSPS) is 17.1. The third kappa shape index (κ3) is 2.67. The standard InChI is InChI=1S/C14H17N3O/c15-11-14(6-1-2-7-14)13(18)17-10-5-12-3-8-16-9-4-12/h3-4,8-9H,1-2,5-7,10H2,(H,17,18). The first-order valence-electron chi connectivity index (χ1n) is 6.35. The van der Waals surface area contributed by atoms with E-state index in [2.05, 4.69) is 16.4 Å². The Labute approximate surface area is 107 Å². The lowest BCUT2D eigenvalue weighted by atomic mass is 9.87. The Morgan fingerprint density at radius 2 is 2.06 bits per heavy atom. The predicted molar refractivity (Wildman–Crippen MR) is 67.5 cm³/mol. The molecule has 1 saturated carbocycles. The van der Waals surface area contributed by atoms with Crippen molar-refractivity contribution in [1.29, 1.82) is 5.26 Å². The number of hydrogen-bond donors (Lipinski definition) is 1. The number of nitrogens with one attached hydrogen (secondary N) is 1. The zero-order chi connectivity index (χ0) is 12.8. The minimum Gasteiger partial charge on any atom is -0.354 e. The summed E-state index contributed by atoms with van der Waals surface area (Å²) in [5.74, 6) is -0.100. The molecule has 0 spiro atoms. The van der Waals surface area contributed by atoms with Gasteiger partial charge in [-0.25, -0.2) is 0 Å². The summed E-state index contributed by atoms with van der Waals surface area (Å²) in [5.41, 5.74) is 0.376. The van der Waals surface area contributed by atoms with E-state index < -0.39 is 5.41 Å². The van der Waals surface area contributed by atoms with Crippen molar-refractivity contribution in [2.24, 2.45) is 5.41 Å². The van der Waals surface area contributed by atoms with E-state index in [4.69, 9.17) is 0 Å². The highest BCUT2D eigenvalue weighted by atomic mass is 16.2. The van der Waals surface area contributed by atoms with Gasteiger partial charge in [-0.05, 0) is 37.0 Å². The van der Waals surface area contributed by atoms with Gasteiger partial charge in [0.25, 0.3) is 0 Å². The van der Waals surface area contributed by atoms with Crippen LogP contribution in [0.4, 0.5) is 0 Å². The first-order chi connectivity index (χ1) is 8.77. The summed E-state index contributed by atoms with van der Waals surface area (Å²) in [6.07, 6.45) is 7.61. The summed E-state index contributed by atoms with van der Waals surface area (Å²) in [5, 5.41) is 12.1. The Morgan fingerprint density at radius 3 is 2.67 bits per heavy atom. The molecule has 2 rings (SSSR count). The third-order valence-electron chi connectivity index (χ3n) is 3.55. The fraction of sp³-hybridized carbons (Fsp3) is 0.500. The van der Waals surface area contributed by atoms with Crippen LogP contribution < -0.4 is 5.32 Å². The van der Waals surface area contributed by atoms with Crippen LogP contribution in [0.15, 0.2) is 24.5 Å². The molecule has 1 aliphatic rings. The number of pyridine rings is 1. The Kier molecular flexibility index (Phi) is 3.93. The van der Waals surface area contributed by atoms with Gasteiger partial charge in [-0.1, -0.05) is 12.8 Å². The summed E-state index contributed by atoms with van der Waals surface area (Å²) in [6, 6.07) is 6.07. The molecule has 0 unspecified atom stereocenters. The highest BCUT2D eigenvalue weighted by Gasteiger charge is 2.41. The highest BCUT2D eigenvalue weighted by molar-refractivity contribution is 5.85. The van der Waals surface area contributed by atoms with Crippen LogP contribution in [0.1, 0.15) is 31.2 Å². The van der Waals surface area contributed by atoms with Gasteiger partial charge in [0.15, 0.2) is 0 Å². The quantitative estimate of drug-likeness (QED) is 0.877. The number of hydrogen-bond acceptors (Lipinski definition) is 3. The molecule has 0 aromatic carbocycles. The van der Waals surface area contributed by atoms with Gasteiger partial charge < -0.3 is 5.32 Å². The number of aromatic nitrogens is 1. The maximum atomic E-state index is 12.0. The van der Waals surface area contributed by atoms with Gasteiger partial charge in [0.2, 0.25) is 5.91 Å². The Morgan fingerprint density at radius 1 is 1.39 bits per heavy atom. The van der Waals surface area contributed by atoms with Crippen molar-refractivity contribution in [1.82, 2.24) is 10.3 Å². The van der Waals surface area contributed by atoms with Crippen molar-refractivity contribution in [3.05, 3.63) is 30.1 Å². The van der Waals surface area contributed by atoms with Gasteiger partial charge in [-0.3, -0.25) is 9.78 Å². The van der Waals surface area contributed by atoms with Crippen LogP contribution in [-0.2, 0) is 11.2 Å². The molecule has 1 fully saturated rings. The van der Waals surface area contributed by atoms with E-state index in [1.807, 2.05) is 12.1 Å². The van der Waals surface area contributed by atoms with Crippen molar-refractivity contribution in [2.45, 2.75) is 32.1 Å². The topological polar surface area (TPSA) is 65.8 Å². The van der Waals surface area contributed by atoms with Gasteiger partial charge in [0, 0.05) is 18.9 Å². The van der Waals surface area contributed by atoms with Crippen molar-refractivity contribution >= 4 is 5.91 Å². The lowest BCUT2D eigenvalue weighted by Crippen LogP contribution is -2.39. The molecule has 18 heavy (non-hydrogen) atoms. The number of carbonyl (C=O) groups is 1. The van der Waals surface area contributed by atoms with E-state index in [1.165, 1.54) is 0 Å². The second-order valence-electron chi connectivity index (χ2n) is 4.76. The first kappa shape index (κ1) is 12.6. The summed E-state index contributed by atoms with van der Waals surface area (Å²) in [6.45, 7) is 0.576. The smallest absolute Gasteiger partial charge is 0.240 e. The fourth-order valence-electron chi connectivity index (χ4n) is 2.41. The molecule has 0 bridgehead atoms. The van der Waals surface area contributed by atoms with Crippen molar-refractivity contribution in [3.8, 4) is 6.07 Å². The third-order valence-corrected chi connectivity index (χ3v) is 3.55. The molecule has 0 saturated heterocycles. The predicted octanol–water partition coefficient (Wildman–Crippen LogP) is 1.82. The Balaban J connectivity index is 1.84. The van der Waals surface area contributed by atoms with Crippen LogP contribution in [-0.4, -0.2) is 17.4 Å². The average Bonchev–Trinajstić information content (AvgIpc) is 2.90. The van der Waals surface area contributed by atoms with Crippen molar-refractivity contribution < 1.29 is 4.79 Å². The van der Waals surface area contributed by atoms with Crippen LogP contribution in [0.5, 0.6) is 0 Å². The second-order valence-corrected chi connectivity index (χ2v) is 4.76. The zero-order valence-corrected chi connectivity index (χ0v) is 10.4. The minimum atomic E-state index is -0.766. The zero-order valence-electron chi connectivity index (χ0n) is 10.4. The van der Waals surface area contributed by atoms with E-state index >= 15 is 0 Å². The lowest BCUT2D eigenvalue weighted by molar-refractivity contribution is -0.127. The lowest BCUT2D eigenvalue weighted by Gasteiger charge is -2.19. The van der Waals surface area contributed by atoms with Crippen molar-refractivity contribution in [2.75, 3.05) is 6.54 Å². The molecule has 1 aromatic rings. The largest absolute Gasteiger partial charge is 0.354 e. The van der Waals surface area contributed by atoms with Gasteiger partial charge in [-0.2, -0.15) is 5.26 Å². The highest BCUT2D eigenvalue weighted by Crippen LogP contribution is 2.37. The number of carbonyl (C=O) groups excluding carboxylic acids is 1. The second kappa shape index (κ2) is 5.63. The summed E-state index contributed by atoms with van der Waals surface area (Å²) in [7, 11) is 0. The van der Waals surface area contributed by atoms with E-state index in [-0.39, 0.29) is 5.91 Å². The number of rotatable bonds is 4. The van der Waals surface area contributed by atoms with Gasteiger partial charge >= 0.3 is 0 Å².